The SMILES string of the molecule is C#CCOCCOCCOCCOCCc1nnc(CC[C@H](NC(=O)OC(C)(C)C)C(=O)OC)o1. The Hall–Kier alpha value is -2.72. The largest absolute Gasteiger partial charge is 0.467 e. The molecule has 1 amide bonds. The number of hydrogen-bond acceptors (Lipinski definition) is 11. The highest BCUT2D eigenvalue weighted by molar-refractivity contribution is 5.81. The van der Waals surface area contributed by atoms with Crippen LogP contribution in [0.1, 0.15) is 39.0 Å². The molecule has 0 saturated carbocycles. The fourth-order valence-corrected chi connectivity index (χ4v) is 2.55. The topological polar surface area (TPSA) is 140 Å². The standard InChI is InChI=1S/C23H37N3O9/c1-6-10-30-12-14-32-16-17-33-15-13-31-11-9-20-26-25-19(34-20)8-7-18(21(27)29-5)24-22(28)35-23(2,3)4/h1,18H,7-17H2,2-5H3,(H,24,28)/t18-/m0/s1. The zero-order chi connectivity index (χ0) is 25.9. The molecule has 12 heteroatoms. The van der Waals surface area contributed by atoms with Gasteiger partial charge in [0, 0.05) is 12.8 Å². The lowest BCUT2D eigenvalue weighted by Gasteiger charge is -2.22. The summed E-state index contributed by atoms with van der Waals surface area (Å²) in [6, 6.07) is -0.902. The molecule has 1 aromatic heterocycles. The van der Waals surface area contributed by atoms with Crippen LogP contribution in [0.15, 0.2) is 4.42 Å². The second-order valence-electron chi connectivity index (χ2n) is 8.19. The van der Waals surface area contributed by atoms with Crippen molar-refractivity contribution in [3.63, 3.8) is 0 Å². The number of terminal acetylenes is 1. The first-order valence-electron chi connectivity index (χ1n) is 11.4. The number of nitrogens with one attached hydrogen (secondary N) is 1. The van der Waals surface area contributed by atoms with Gasteiger partial charge in [-0.2, -0.15) is 0 Å². The van der Waals surface area contributed by atoms with E-state index < -0.39 is 23.7 Å². The maximum atomic E-state index is 12.0. The fraction of sp³-hybridized carbons (Fsp3) is 0.739. The van der Waals surface area contributed by atoms with Gasteiger partial charge in [0.2, 0.25) is 11.8 Å². The summed E-state index contributed by atoms with van der Waals surface area (Å²) in [5.74, 6) is 2.54. The molecule has 0 spiro atoms. The van der Waals surface area contributed by atoms with E-state index >= 15 is 0 Å². The van der Waals surface area contributed by atoms with Crippen molar-refractivity contribution < 1.29 is 42.4 Å². The Kier molecular flexibility index (Phi) is 15.3. The second-order valence-corrected chi connectivity index (χ2v) is 8.19. The Bertz CT molecular complexity index is 771. The minimum absolute atomic E-state index is 0.211. The smallest absolute Gasteiger partial charge is 0.408 e. The van der Waals surface area contributed by atoms with Crippen LogP contribution in [0.2, 0.25) is 0 Å². The number of alkyl carbamates (subject to hydrolysis) is 1. The molecule has 0 aliphatic rings. The van der Waals surface area contributed by atoms with E-state index in [9.17, 15) is 9.59 Å². The van der Waals surface area contributed by atoms with Gasteiger partial charge in [0.05, 0.1) is 53.4 Å². The van der Waals surface area contributed by atoms with Crippen molar-refractivity contribution in [1.82, 2.24) is 15.5 Å². The van der Waals surface area contributed by atoms with Gasteiger partial charge in [-0.15, -0.1) is 16.6 Å². The molecular weight excluding hydrogens is 462 g/mol. The number of amides is 1. The minimum atomic E-state index is -0.902. The molecule has 0 bridgehead atoms. The molecule has 0 fully saturated rings. The highest BCUT2D eigenvalue weighted by Crippen LogP contribution is 2.10. The van der Waals surface area contributed by atoms with Crippen LogP contribution in [0.4, 0.5) is 4.79 Å². The van der Waals surface area contributed by atoms with E-state index in [1.165, 1.54) is 7.11 Å². The summed E-state index contributed by atoms with van der Waals surface area (Å²) in [6.07, 6.45) is 5.28. The molecule has 12 nitrogen and oxygen atoms in total. The first kappa shape index (κ1) is 30.3. The molecule has 0 saturated heterocycles. The number of carbonyl (C=O) groups is 2. The summed E-state index contributed by atoms with van der Waals surface area (Å²) >= 11 is 0. The lowest BCUT2D eigenvalue weighted by molar-refractivity contribution is -0.143. The summed E-state index contributed by atoms with van der Waals surface area (Å²) < 4.78 is 36.8. The van der Waals surface area contributed by atoms with Gasteiger partial charge in [0.25, 0.3) is 0 Å². The van der Waals surface area contributed by atoms with Gasteiger partial charge in [-0.1, -0.05) is 5.92 Å². The monoisotopic (exact) mass is 499 g/mol. The van der Waals surface area contributed by atoms with Crippen molar-refractivity contribution in [2.75, 3.05) is 60.0 Å². The molecule has 0 aliphatic heterocycles. The zero-order valence-electron chi connectivity index (χ0n) is 21.0. The number of ether oxygens (including phenoxy) is 6. The number of nitrogens with zero attached hydrogens (tertiary/aromatic N) is 2. The molecule has 1 heterocycles. The molecule has 1 aromatic rings. The molecule has 35 heavy (non-hydrogen) atoms. The Morgan fingerprint density at radius 3 is 2.03 bits per heavy atom. The van der Waals surface area contributed by atoms with Gasteiger partial charge in [0.15, 0.2) is 0 Å². The number of hydrogen-bond donors (Lipinski definition) is 1. The van der Waals surface area contributed by atoms with Gasteiger partial charge in [0.1, 0.15) is 18.2 Å². The predicted octanol–water partition coefficient (Wildman–Crippen LogP) is 1.31. The van der Waals surface area contributed by atoms with Crippen LogP contribution in [0, 0.1) is 12.3 Å². The van der Waals surface area contributed by atoms with Crippen molar-refractivity contribution in [2.45, 2.75) is 51.7 Å². The third-order valence-electron chi connectivity index (χ3n) is 4.09. The van der Waals surface area contributed by atoms with E-state index in [0.717, 1.165) is 0 Å². The Balaban J connectivity index is 2.19. The first-order chi connectivity index (χ1) is 16.7. The lowest BCUT2D eigenvalue weighted by Crippen LogP contribution is -2.44. The number of rotatable bonds is 18. The van der Waals surface area contributed by atoms with Gasteiger partial charge >= 0.3 is 12.1 Å². The third kappa shape index (κ3) is 15.7. The van der Waals surface area contributed by atoms with E-state index in [0.29, 0.717) is 64.5 Å². The normalized spacial score (nSPS) is 12.1. The van der Waals surface area contributed by atoms with Gasteiger partial charge in [-0.25, -0.2) is 9.59 Å². The van der Waals surface area contributed by atoms with Crippen molar-refractivity contribution in [1.29, 1.82) is 0 Å². The Labute approximate surface area is 206 Å². The van der Waals surface area contributed by atoms with Crippen molar-refractivity contribution >= 4 is 12.1 Å². The van der Waals surface area contributed by atoms with E-state index in [1.807, 2.05) is 0 Å². The molecule has 0 aromatic carbocycles. The Morgan fingerprint density at radius 1 is 0.943 bits per heavy atom. The second kappa shape index (κ2) is 17.7. The average Bonchev–Trinajstić information content (AvgIpc) is 3.25. The van der Waals surface area contributed by atoms with Crippen LogP contribution in [-0.4, -0.2) is 93.9 Å². The van der Waals surface area contributed by atoms with Gasteiger partial charge < -0.3 is 38.2 Å². The fourth-order valence-electron chi connectivity index (χ4n) is 2.55. The summed E-state index contributed by atoms with van der Waals surface area (Å²) in [7, 11) is 1.25. The van der Waals surface area contributed by atoms with Crippen molar-refractivity contribution in [2.24, 2.45) is 0 Å². The first-order valence-corrected chi connectivity index (χ1v) is 11.4. The van der Waals surface area contributed by atoms with E-state index in [4.69, 9.17) is 39.3 Å². The number of carbonyl (C=O) groups excluding carboxylic acids is 2. The number of aryl methyl sites for hydroxylation is 1. The summed E-state index contributed by atoms with van der Waals surface area (Å²) in [4.78, 5) is 24.0. The number of aromatic nitrogens is 2. The molecular formula is C23H37N3O9. The number of esters is 1. The van der Waals surface area contributed by atoms with Crippen molar-refractivity contribution in [3.05, 3.63) is 11.8 Å². The minimum Gasteiger partial charge on any atom is -0.467 e. The summed E-state index contributed by atoms with van der Waals surface area (Å²) in [5.41, 5.74) is -0.687. The van der Waals surface area contributed by atoms with Crippen LogP contribution >= 0.6 is 0 Å². The van der Waals surface area contributed by atoms with Crippen LogP contribution in [0.25, 0.3) is 0 Å². The molecule has 1 rings (SSSR count). The van der Waals surface area contributed by atoms with Crippen LogP contribution < -0.4 is 5.32 Å². The highest BCUT2D eigenvalue weighted by atomic mass is 16.6. The van der Waals surface area contributed by atoms with E-state index in [2.05, 4.69) is 21.4 Å². The quantitative estimate of drug-likeness (QED) is 0.178. The van der Waals surface area contributed by atoms with E-state index in [-0.39, 0.29) is 19.4 Å². The lowest BCUT2D eigenvalue weighted by atomic mass is 10.1. The zero-order valence-corrected chi connectivity index (χ0v) is 21.0. The molecule has 0 unspecified atom stereocenters. The Morgan fingerprint density at radius 2 is 1.49 bits per heavy atom. The molecule has 0 radical (unpaired) electrons. The molecule has 1 N–H and O–H groups in total. The van der Waals surface area contributed by atoms with Gasteiger partial charge in [-0.3, -0.25) is 0 Å². The maximum absolute atomic E-state index is 12.0. The van der Waals surface area contributed by atoms with Crippen LogP contribution in [-0.2, 0) is 46.1 Å². The summed E-state index contributed by atoms with van der Waals surface area (Å²) in [5, 5.41) is 10.4. The molecule has 198 valence electrons. The predicted molar refractivity (Wildman–Crippen MR) is 124 cm³/mol. The van der Waals surface area contributed by atoms with Crippen LogP contribution in [0.5, 0.6) is 0 Å². The van der Waals surface area contributed by atoms with E-state index in [1.54, 1.807) is 20.8 Å². The summed E-state index contributed by atoms with van der Waals surface area (Å²) in [6.45, 7) is 8.57. The van der Waals surface area contributed by atoms with Crippen LogP contribution in [0.3, 0.4) is 0 Å². The van der Waals surface area contributed by atoms with Crippen molar-refractivity contribution in [3.8, 4) is 12.3 Å². The maximum Gasteiger partial charge on any atom is 0.408 e. The average molecular weight is 500 g/mol. The third-order valence-corrected chi connectivity index (χ3v) is 4.09. The number of methoxy groups -OCH3 is 1. The molecule has 0 aliphatic carbocycles. The highest BCUT2D eigenvalue weighted by Gasteiger charge is 2.25. The van der Waals surface area contributed by atoms with Gasteiger partial charge in [-0.05, 0) is 27.2 Å². The molecule has 1 atom stereocenters.